The highest BCUT2D eigenvalue weighted by Gasteiger charge is 2.15. The van der Waals surface area contributed by atoms with Crippen LogP contribution in [-0.2, 0) is 6.54 Å². The number of rotatable bonds is 5. The lowest BCUT2D eigenvalue weighted by atomic mass is 10.2. The Morgan fingerprint density at radius 3 is 2.59 bits per heavy atom. The van der Waals surface area contributed by atoms with E-state index >= 15 is 0 Å². The quantitative estimate of drug-likeness (QED) is 0.638. The first-order valence-corrected chi connectivity index (χ1v) is 8.08. The maximum atomic E-state index is 13.7. The highest BCUT2D eigenvalue weighted by molar-refractivity contribution is 6.31. The first-order chi connectivity index (χ1) is 13.0. The fourth-order valence-corrected chi connectivity index (χ4v) is 2.40. The van der Waals surface area contributed by atoms with Crippen LogP contribution in [0.2, 0.25) is 5.02 Å². The van der Waals surface area contributed by atoms with E-state index in [-0.39, 0.29) is 23.9 Å². The number of anilines is 2. The van der Waals surface area contributed by atoms with Crippen molar-refractivity contribution in [2.24, 2.45) is 0 Å². The molecule has 2 N–H and O–H groups in total. The molecule has 27 heavy (non-hydrogen) atoms. The smallest absolute Gasteiger partial charge is 0.270 e. The van der Waals surface area contributed by atoms with Gasteiger partial charge in [0, 0.05) is 17.8 Å². The first-order valence-electron chi connectivity index (χ1n) is 7.71. The molecule has 1 aromatic heterocycles. The molecule has 0 aliphatic carbocycles. The van der Waals surface area contributed by atoms with Gasteiger partial charge in [-0.05, 0) is 29.8 Å². The van der Waals surface area contributed by atoms with Gasteiger partial charge in [-0.1, -0.05) is 29.8 Å². The molecule has 0 bridgehead atoms. The van der Waals surface area contributed by atoms with Crippen LogP contribution in [0.3, 0.4) is 0 Å². The normalized spacial score (nSPS) is 10.5. The van der Waals surface area contributed by atoms with Crippen molar-refractivity contribution in [3.05, 3.63) is 82.4 Å². The third-order valence-electron chi connectivity index (χ3n) is 3.57. The van der Waals surface area contributed by atoms with Crippen LogP contribution in [0.4, 0.5) is 24.8 Å². The second kappa shape index (κ2) is 8.05. The molecule has 0 unspecified atom stereocenters. The van der Waals surface area contributed by atoms with Gasteiger partial charge in [0.25, 0.3) is 5.91 Å². The van der Waals surface area contributed by atoms with Crippen LogP contribution in [0, 0.1) is 17.5 Å². The summed E-state index contributed by atoms with van der Waals surface area (Å²) < 4.78 is 40.0. The topological polar surface area (TPSA) is 66.9 Å². The summed E-state index contributed by atoms with van der Waals surface area (Å²) in [7, 11) is 0. The van der Waals surface area contributed by atoms with E-state index in [9.17, 15) is 18.0 Å². The molecule has 3 aromatic rings. The zero-order valence-corrected chi connectivity index (χ0v) is 14.4. The molecule has 0 saturated carbocycles. The van der Waals surface area contributed by atoms with Gasteiger partial charge in [0.2, 0.25) is 5.95 Å². The van der Waals surface area contributed by atoms with Crippen molar-refractivity contribution >= 4 is 29.1 Å². The van der Waals surface area contributed by atoms with Gasteiger partial charge in [-0.3, -0.25) is 4.79 Å². The van der Waals surface area contributed by atoms with E-state index in [0.29, 0.717) is 5.02 Å². The molecule has 9 heteroatoms. The predicted octanol–water partition coefficient (Wildman–Crippen LogP) is 4.22. The number of amides is 1. The minimum atomic E-state index is -1.62. The maximum Gasteiger partial charge on any atom is 0.270 e. The fourth-order valence-electron chi connectivity index (χ4n) is 2.20. The summed E-state index contributed by atoms with van der Waals surface area (Å²) in [5.74, 6) is -5.00. The number of nitrogens with one attached hydrogen (secondary N) is 2. The molecule has 0 atom stereocenters. The summed E-state index contributed by atoms with van der Waals surface area (Å²) in [4.78, 5) is 20.0. The molecule has 0 aliphatic heterocycles. The summed E-state index contributed by atoms with van der Waals surface area (Å²) in [5, 5.41) is 5.57. The standard InChI is InChI=1S/C18H12ClF3N4O/c19-11-4-2-1-3-10(11)9-24-17(27)14-7-8-23-18(26-14)25-13-6-5-12(20)15(21)16(13)22/h1-8H,9H2,(H,24,27)(H,23,25,26). The first kappa shape index (κ1) is 18.7. The molecule has 5 nitrogen and oxygen atoms in total. The SMILES string of the molecule is O=C(NCc1ccccc1Cl)c1ccnc(Nc2ccc(F)c(F)c2F)n1. The number of hydrogen-bond donors (Lipinski definition) is 2. The Balaban J connectivity index is 1.73. The summed E-state index contributed by atoms with van der Waals surface area (Å²) >= 11 is 6.03. The van der Waals surface area contributed by atoms with Crippen molar-refractivity contribution in [2.75, 3.05) is 5.32 Å². The zero-order chi connectivity index (χ0) is 19.4. The van der Waals surface area contributed by atoms with Crippen molar-refractivity contribution in [3.63, 3.8) is 0 Å². The van der Waals surface area contributed by atoms with Crippen LogP contribution < -0.4 is 10.6 Å². The average molecular weight is 393 g/mol. The van der Waals surface area contributed by atoms with Crippen LogP contribution in [0.5, 0.6) is 0 Å². The van der Waals surface area contributed by atoms with Gasteiger partial charge >= 0.3 is 0 Å². The number of carbonyl (C=O) groups excluding carboxylic acids is 1. The molecule has 3 rings (SSSR count). The molecule has 0 fully saturated rings. The number of benzene rings is 2. The maximum absolute atomic E-state index is 13.7. The summed E-state index contributed by atoms with van der Waals surface area (Å²) in [6.07, 6.45) is 1.28. The summed E-state index contributed by atoms with van der Waals surface area (Å²) in [6.45, 7) is 0.184. The third-order valence-corrected chi connectivity index (χ3v) is 3.94. The monoisotopic (exact) mass is 392 g/mol. The lowest BCUT2D eigenvalue weighted by Crippen LogP contribution is -2.24. The Hall–Kier alpha value is -3.13. The van der Waals surface area contributed by atoms with Gasteiger partial charge in [0.15, 0.2) is 17.5 Å². The van der Waals surface area contributed by atoms with Crippen LogP contribution in [-0.4, -0.2) is 15.9 Å². The van der Waals surface area contributed by atoms with Gasteiger partial charge in [-0.2, -0.15) is 0 Å². The van der Waals surface area contributed by atoms with Gasteiger partial charge < -0.3 is 10.6 Å². The highest BCUT2D eigenvalue weighted by Crippen LogP contribution is 2.22. The Labute approximate surface area is 157 Å². The van der Waals surface area contributed by atoms with Crippen molar-refractivity contribution < 1.29 is 18.0 Å². The Morgan fingerprint density at radius 1 is 1.04 bits per heavy atom. The number of nitrogens with zero attached hydrogens (tertiary/aromatic N) is 2. The van der Waals surface area contributed by atoms with Crippen molar-refractivity contribution in [1.82, 2.24) is 15.3 Å². The average Bonchev–Trinajstić information content (AvgIpc) is 2.68. The largest absolute Gasteiger partial charge is 0.347 e. The minimum Gasteiger partial charge on any atom is -0.347 e. The number of carbonyl (C=O) groups is 1. The fraction of sp³-hybridized carbons (Fsp3) is 0.0556. The van der Waals surface area contributed by atoms with E-state index in [2.05, 4.69) is 20.6 Å². The molecule has 138 valence electrons. The van der Waals surface area contributed by atoms with Crippen molar-refractivity contribution in [3.8, 4) is 0 Å². The van der Waals surface area contributed by atoms with E-state index < -0.39 is 23.4 Å². The Bertz CT molecular complexity index is 1000. The molecule has 0 radical (unpaired) electrons. The van der Waals surface area contributed by atoms with Crippen LogP contribution in [0.1, 0.15) is 16.1 Å². The lowest BCUT2D eigenvalue weighted by molar-refractivity contribution is 0.0946. The van der Waals surface area contributed by atoms with Gasteiger partial charge in [-0.25, -0.2) is 23.1 Å². The van der Waals surface area contributed by atoms with Crippen LogP contribution in [0.15, 0.2) is 48.7 Å². The zero-order valence-electron chi connectivity index (χ0n) is 13.6. The minimum absolute atomic E-state index is 0.00236. The van der Waals surface area contributed by atoms with E-state index in [1.807, 2.05) is 0 Å². The second-order valence-electron chi connectivity index (χ2n) is 5.39. The summed E-state index contributed by atoms with van der Waals surface area (Å²) in [5.41, 5.74) is 0.369. The molecule has 0 spiro atoms. The van der Waals surface area contributed by atoms with Crippen molar-refractivity contribution in [1.29, 1.82) is 0 Å². The van der Waals surface area contributed by atoms with Gasteiger partial charge in [-0.15, -0.1) is 0 Å². The number of hydrogen-bond acceptors (Lipinski definition) is 4. The summed E-state index contributed by atoms with van der Waals surface area (Å²) in [6, 6.07) is 10.1. The molecule has 2 aromatic carbocycles. The molecule has 0 saturated heterocycles. The highest BCUT2D eigenvalue weighted by atomic mass is 35.5. The predicted molar refractivity (Wildman–Crippen MR) is 94.3 cm³/mol. The Kier molecular flexibility index (Phi) is 5.56. The lowest BCUT2D eigenvalue weighted by Gasteiger charge is -2.09. The molecular formula is C18H12ClF3N4O. The van der Waals surface area contributed by atoms with Crippen molar-refractivity contribution in [2.45, 2.75) is 6.54 Å². The number of halogens is 4. The molecule has 0 aliphatic rings. The van der Waals surface area contributed by atoms with Crippen LogP contribution >= 0.6 is 11.6 Å². The molecule has 1 amide bonds. The van der Waals surface area contributed by atoms with Crippen LogP contribution in [0.25, 0.3) is 0 Å². The third kappa shape index (κ3) is 4.35. The molecule has 1 heterocycles. The van der Waals surface area contributed by atoms with E-state index in [1.54, 1.807) is 24.3 Å². The Morgan fingerprint density at radius 2 is 1.81 bits per heavy atom. The van der Waals surface area contributed by atoms with E-state index in [1.165, 1.54) is 12.3 Å². The van der Waals surface area contributed by atoms with E-state index in [0.717, 1.165) is 17.7 Å². The van der Waals surface area contributed by atoms with Gasteiger partial charge in [0.05, 0.1) is 5.69 Å². The second-order valence-corrected chi connectivity index (χ2v) is 5.79. The number of aromatic nitrogens is 2. The van der Waals surface area contributed by atoms with Gasteiger partial charge in [0.1, 0.15) is 5.69 Å². The van der Waals surface area contributed by atoms with E-state index in [4.69, 9.17) is 11.6 Å². The molecular weight excluding hydrogens is 381 g/mol.